The van der Waals surface area contributed by atoms with Crippen LogP contribution >= 0.6 is 0 Å². The molecule has 5 atom stereocenters. The van der Waals surface area contributed by atoms with E-state index in [9.17, 15) is 28.6 Å². The molecule has 4 N–H and O–H groups in total. The summed E-state index contributed by atoms with van der Waals surface area (Å²) in [5.41, 5.74) is 0.612. The molecule has 5 amide bonds. The third-order valence-corrected chi connectivity index (χ3v) is 9.86. The maximum Gasteiger partial charge on any atom is 0.478 e. The number of nitrogens with one attached hydrogen (secondary N) is 3. The molecule has 3 fully saturated rings. The molecule has 2 saturated heterocycles. The molecule has 0 aromatic heterocycles. The van der Waals surface area contributed by atoms with E-state index in [-0.39, 0.29) is 56.2 Å². The summed E-state index contributed by atoms with van der Waals surface area (Å²) in [5.74, 6) is -2.12. The van der Waals surface area contributed by atoms with Gasteiger partial charge in [0.1, 0.15) is 24.0 Å². The van der Waals surface area contributed by atoms with Crippen LogP contribution in [0.25, 0.3) is 0 Å². The van der Waals surface area contributed by atoms with E-state index >= 15 is 0 Å². The van der Waals surface area contributed by atoms with Crippen LogP contribution in [0, 0.1) is 23.6 Å². The number of carbonyl (C=O) groups is 4. The zero-order chi connectivity index (χ0) is 34.0. The average Bonchev–Trinajstić information content (AvgIpc) is 3.73. The number of halogens is 1. The van der Waals surface area contributed by atoms with Crippen LogP contribution in [0.5, 0.6) is 0 Å². The molecule has 5 rings (SSSR count). The van der Waals surface area contributed by atoms with E-state index in [1.54, 1.807) is 12.1 Å². The summed E-state index contributed by atoms with van der Waals surface area (Å²) >= 11 is 0. The Hall–Kier alpha value is -3.39. The van der Waals surface area contributed by atoms with E-state index in [1.807, 2.05) is 34.6 Å². The van der Waals surface area contributed by atoms with Crippen molar-refractivity contribution in [2.24, 2.45) is 17.8 Å². The number of benzene rings is 1. The second-order valence-electron chi connectivity index (χ2n) is 14.9. The number of fused-ring (bicyclic) bond motifs is 1. The van der Waals surface area contributed by atoms with Crippen LogP contribution in [0.3, 0.4) is 0 Å². The number of carbonyl (C=O) groups excluding carboxylic acids is 4. The quantitative estimate of drug-likeness (QED) is 0.330. The number of ether oxygens (including phenoxy) is 1. The van der Waals surface area contributed by atoms with Crippen molar-refractivity contribution in [3.63, 3.8) is 0 Å². The first-order chi connectivity index (χ1) is 22.2. The number of amides is 5. The van der Waals surface area contributed by atoms with Gasteiger partial charge in [-0.2, -0.15) is 0 Å². The van der Waals surface area contributed by atoms with Crippen LogP contribution < -0.4 is 16.0 Å². The normalized spacial score (nSPS) is 25.5. The molecule has 3 heterocycles. The Balaban J connectivity index is 1.36. The Morgan fingerprint density at radius 3 is 2.49 bits per heavy atom. The van der Waals surface area contributed by atoms with Crippen molar-refractivity contribution >= 4 is 31.1 Å². The van der Waals surface area contributed by atoms with E-state index in [4.69, 9.17) is 9.39 Å². The summed E-state index contributed by atoms with van der Waals surface area (Å²) < 4.78 is 25.7. The Labute approximate surface area is 276 Å². The fourth-order valence-electron chi connectivity index (χ4n) is 7.32. The van der Waals surface area contributed by atoms with Gasteiger partial charge in [0, 0.05) is 36.6 Å². The average molecular weight is 658 g/mol. The highest BCUT2D eigenvalue weighted by atomic mass is 19.1. The second kappa shape index (κ2) is 14.4. The summed E-state index contributed by atoms with van der Waals surface area (Å²) in [7, 11) is -1.19. The number of urea groups is 1. The molecule has 1 saturated carbocycles. The maximum absolute atomic E-state index is 14.4. The SMILES string of the molecule is CC(C)C1COB(O)C1NC(=O)[C@@H]1C[C@@H](OC(=O)N2Cc3cccc(F)c3C2)CN1C(=O)[C@@H](NC(=O)NC(C)(C)C)C1CCCCC1. The van der Waals surface area contributed by atoms with Crippen LogP contribution in [-0.4, -0.2) is 88.7 Å². The molecule has 14 heteroatoms. The lowest BCUT2D eigenvalue weighted by Gasteiger charge is -2.35. The van der Waals surface area contributed by atoms with Gasteiger partial charge >= 0.3 is 19.2 Å². The molecule has 12 nitrogen and oxygen atoms in total. The van der Waals surface area contributed by atoms with E-state index in [2.05, 4.69) is 16.0 Å². The first kappa shape index (κ1) is 34.9. The first-order valence-corrected chi connectivity index (χ1v) is 16.9. The molecule has 0 bridgehead atoms. The largest absolute Gasteiger partial charge is 0.478 e. The fraction of sp³-hybridized carbons (Fsp3) is 0.697. The van der Waals surface area contributed by atoms with Crippen LogP contribution in [0.2, 0.25) is 0 Å². The summed E-state index contributed by atoms with van der Waals surface area (Å²) in [6.07, 6.45) is 2.95. The number of rotatable bonds is 7. The lowest BCUT2D eigenvalue weighted by atomic mass is 9.71. The van der Waals surface area contributed by atoms with Gasteiger partial charge in [-0.3, -0.25) is 14.5 Å². The van der Waals surface area contributed by atoms with E-state index in [1.165, 1.54) is 15.9 Å². The van der Waals surface area contributed by atoms with Gasteiger partial charge in [0.2, 0.25) is 11.8 Å². The third-order valence-electron chi connectivity index (χ3n) is 9.86. The molecule has 47 heavy (non-hydrogen) atoms. The summed E-state index contributed by atoms with van der Waals surface area (Å²) in [6.45, 7) is 10.0. The second-order valence-corrected chi connectivity index (χ2v) is 14.9. The van der Waals surface area contributed by atoms with Crippen molar-refractivity contribution in [1.82, 2.24) is 25.8 Å². The van der Waals surface area contributed by atoms with Crippen LogP contribution in [0.1, 0.15) is 84.3 Å². The van der Waals surface area contributed by atoms with Gasteiger partial charge < -0.3 is 35.3 Å². The number of hydrogen-bond donors (Lipinski definition) is 4. The number of hydrogen-bond acceptors (Lipinski definition) is 7. The van der Waals surface area contributed by atoms with E-state index < -0.39 is 60.7 Å². The Kier molecular flexibility index (Phi) is 10.7. The first-order valence-electron chi connectivity index (χ1n) is 16.9. The number of nitrogens with zero attached hydrogens (tertiary/aromatic N) is 2. The lowest BCUT2D eigenvalue weighted by molar-refractivity contribution is -0.141. The van der Waals surface area contributed by atoms with Crippen molar-refractivity contribution in [1.29, 1.82) is 0 Å². The maximum atomic E-state index is 14.4. The predicted molar refractivity (Wildman–Crippen MR) is 172 cm³/mol. The fourth-order valence-corrected chi connectivity index (χ4v) is 7.32. The third kappa shape index (κ3) is 8.20. The minimum atomic E-state index is -1.19. The molecule has 1 aromatic rings. The Morgan fingerprint density at radius 1 is 1.11 bits per heavy atom. The van der Waals surface area contributed by atoms with Gasteiger partial charge in [-0.1, -0.05) is 45.2 Å². The molecule has 4 aliphatic rings. The molecule has 1 aromatic carbocycles. The Morgan fingerprint density at radius 2 is 1.83 bits per heavy atom. The van der Waals surface area contributed by atoms with Gasteiger partial charge in [-0.05, 0) is 57.1 Å². The summed E-state index contributed by atoms with van der Waals surface area (Å²) in [4.78, 5) is 57.6. The van der Waals surface area contributed by atoms with Crippen LogP contribution in [0.4, 0.5) is 14.0 Å². The minimum absolute atomic E-state index is 0.0278. The van der Waals surface area contributed by atoms with E-state index in [0.29, 0.717) is 11.1 Å². The highest BCUT2D eigenvalue weighted by molar-refractivity contribution is 6.46. The Bertz CT molecular complexity index is 1340. The van der Waals surface area contributed by atoms with Gasteiger partial charge in [0.05, 0.1) is 19.0 Å². The molecule has 1 aliphatic carbocycles. The predicted octanol–water partition coefficient (Wildman–Crippen LogP) is 3.10. The molecule has 0 spiro atoms. The van der Waals surface area contributed by atoms with Crippen LogP contribution in [-0.2, 0) is 32.1 Å². The minimum Gasteiger partial charge on any atom is -0.444 e. The molecule has 0 radical (unpaired) electrons. The van der Waals surface area contributed by atoms with Crippen molar-refractivity contribution in [3.8, 4) is 0 Å². The number of likely N-dealkylation sites (tertiary alicyclic amines) is 1. The summed E-state index contributed by atoms with van der Waals surface area (Å²) in [5, 5.41) is 19.2. The molecular weight excluding hydrogens is 608 g/mol. The molecule has 258 valence electrons. The van der Waals surface area contributed by atoms with Crippen molar-refractivity contribution < 1.29 is 38.0 Å². The molecular formula is C33H49BFN5O7. The van der Waals surface area contributed by atoms with Gasteiger partial charge in [0.25, 0.3) is 0 Å². The molecule has 3 aliphatic heterocycles. The highest BCUT2D eigenvalue weighted by Crippen LogP contribution is 2.32. The van der Waals surface area contributed by atoms with Crippen molar-refractivity contribution in [2.45, 2.75) is 116 Å². The summed E-state index contributed by atoms with van der Waals surface area (Å²) in [6, 6.07) is 2.33. The van der Waals surface area contributed by atoms with Crippen molar-refractivity contribution in [2.75, 3.05) is 13.2 Å². The standard InChI is InChI=1S/C33H49BFN5O7/c1-19(2)24-18-46-34(45)28(24)37-29(41)26-14-22(47-32(44)39-15-21-12-9-13-25(35)23(21)17-39)16-40(26)30(42)27(20-10-7-6-8-11-20)36-31(43)38-33(3,4)5/h9,12-13,19-20,22,24,26-28,45H,6-8,10-11,14-18H2,1-5H3,(H,37,41)(H2,36,38,43)/t22-,24?,26+,27+,28?/m1/s1. The smallest absolute Gasteiger partial charge is 0.444 e. The highest BCUT2D eigenvalue weighted by Gasteiger charge is 2.49. The van der Waals surface area contributed by atoms with Gasteiger partial charge in [-0.25, -0.2) is 14.0 Å². The van der Waals surface area contributed by atoms with E-state index in [0.717, 1.165) is 32.1 Å². The topological polar surface area (TPSA) is 150 Å². The molecule has 2 unspecified atom stereocenters. The lowest BCUT2D eigenvalue weighted by Crippen LogP contribution is -2.60. The van der Waals surface area contributed by atoms with Gasteiger partial charge in [0.15, 0.2) is 0 Å². The zero-order valence-corrected chi connectivity index (χ0v) is 28.1. The van der Waals surface area contributed by atoms with Crippen molar-refractivity contribution in [3.05, 3.63) is 35.1 Å². The van der Waals surface area contributed by atoms with Crippen LogP contribution in [0.15, 0.2) is 18.2 Å². The zero-order valence-electron chi connectivity index (χ0n) is 28.1. The monoisotopic (exact) mass is 657 g/mol. The van der Waals surface area contributed by atoms with Gasteiger partial charge in [-0.15, -0.1) is 0 Å².